The van der Waals surface area contributed by atoms with Gasteiger partial charge in [0.25, 0.3) is 5.91 Å². The summed E-state index contributed by atoms with van der Waals surface area (Å²) in [5.74, 6) is -0.789. The maximum atomic E-state index is 12.1. The first-order chi connectivity index (χ1) is 9.52. The van der Waals surface area contributed by atoms with Crippen LogP contribution in [0.2, 0.25) is 5.02 Å². The second-order valence-corrected chi connectivity index (χ2v) is 4.56. The molecule has 2 rings (SSSR count). The van der Waals surface area contributed by atoms with Gasteiger partial charge in [0.2, 0.25) is 0 Å². The number of carbonyl (C=O) groups excluding carboxylic acids is 2. The second-order valence-electron chi connectivity index (χ2n) is 4.16. The number of carbonyl (C=O) groups is 2. The SMILES string of the molecule is COC(=O)c1ccc(Cl)c(NC(=O)c2cc[nH]c2C)c1. The molecule has 20 heavy (non-hydrogen) atoms. The number of methoxy groups -OCH3 is 1. The minimum absolute atomic E-state index is 0.298. The molecule has 1 amide bonds. The molecule has 104 valence electrons. The molecule has 0 atom stereocenters. The van der Waals surface area contributed by atoms with E-state index >= 15 is 0 Å². The van der Waals surface area contributed by atoms with Gasteiger partial charge in [0.05, 0.1) is 28.9 Å². The molecule has 0 aliphatic carbocycles. The van der Waals surface area contributed by atoms with Crippen molar-refractivity contribution in [2.24, 2.45) is 0 Å². The number of aryl methyl sites for hydroxylation is 1. The highest BCUT2D eigenvalue weighted by atomic mass is 35.5. The van der Waals surface area contributed by atoms with Crippen molar-refractivity contribution in [2.45, 2.75) is 6.92 Å². The molecular formula is C14H13ClN2O3. The zero-order valence-corrected chi connectivity index (χ0v) is 11.7. The number of rotatable bonds is 3. The van der Waals surface area contributed by atoms with Crippen molar-refractivity contribution in [3.63, 3.8) is 0 Å². The Hall–Kier alpha value is -2.27. The molecule has 0 aliphatic rings. The van der Waals surface area contributed by atoms with Crippen LogP contribution in [0.25, 0.3) is 0 Å². The lowest BCUT2D eigenvalue weighted by molar-refractivity contribution is 0.0600. The van der Waals surface area contributed by atoms with Crippen molar-refractivity contribution in [2.75, 3.05) is 12.4 Å². The molecule has 5 nitrogen and oxygen atoms in total. The zero-order valence-electron chi connectivity index (χ0n) is 11.0. The van der Waals surface area contributed by atoms with E-state index in [4.69, 9.17) is 11.6 Å². The number of hydrogen-bond acceptors (Lipinski definition) is 3. The molecular weight excluding hydrogens is 280 g/mol. The van der Waals surface area contributed by atoms with Gasteiger partial charge in [0.1, 0.15) is 0 Å². The van der Waals surface area contributed by atoms with Crippen molar-refractivity contribution in [1.82, 2.24) is 4.98 Å². The Balaban J connectivity index is 2.27. The lowest BCUT2D eigenvalue weighted by Gasteiger charge is -2.08. The van der Waals surface area contributed by atoms with Crippen molar-refractivity contribution in [3.05, 3.63) is 52.3 Å². The van der Waals surface area contributed by atoms with Gasteiger partial charge in [0, 0.05) is 11.9 Å². The first kappa shape index (κ1) is 14.1. The third kappa shape index (κ3) is 2.83. The van der Waals surface area contributed by atoms with Gasteiger partial charge in [-0.25, -0.2) is 4.79 Å². The number of benzene rings is 1. The normalized spacial score (nSPS) is 10.2. The maximum absolute atomic E-state index is 12.1. The maximum Gasteiger partial charge on any atom is 0.337 e. The summed E-state index contributed by atoms with van der Waals surface area (Å²) < 4.78 is 4.63. The average Bonchev–Trinajstić information content (AvgIpc) is 2.86. The fourth-order valence-corrected chi connectivity index (χ4v) is 1.92. The number of ether oxygens (including phenoxy) is 1. The van der Waals surface area contributed by atoms with Gasteiger partial charge in [0.15, 0.2) is 0 Å². The van der Waals surface area contributed by atoms with Crippen LogP contribution in [0.3, 0.4) is 0 Å². The zero-order chi connectivity index (χ0) is 14.7. The van der Waals surface area contributed by atoms with E-state index in [0.717, 1.165) is 5.69 Å². The smallest absolute Gasteiger partial charge is 0.337 e. The number of aromatic nitrogens is 1. The molecule has 1 heterocycles. The second kappa shape index (κ2) is 5.79. The lowest BCUT2D eigenvalue weighted by atomic mass is 10.2. The Morgan fingerprint density at radius 1 is 1.30 bits per heavy atom. The number of anilines is 1. The molecule has 0 saturated heterocycles. The van der Waals surface area contributed by atoms with Gasteiger partial charge >= 0.3 is 5.97 Å². The molecule has 0 spiro atoms. The fraction of sp³-hybridized carbons (Fsp3) is 0.143. The first-order valence-corrected chi connectivity index (χ1v) is 6.24. The van der Waals surface area contributed by atoms with Crippen LogP contribution in [0.5, 0.6) is 0 Å². The van der Waals surface area contributed by atoms with E-state index in [2.05, 4.69) is 15.0 Å². The predicted octanol–water partition coefficient (Wildman–Crippen LogP) is 3.02. The minimum atomic E-state index is -0.491. The molecule has 0 fully saturated rings. The van der Waals surface area contributed by atoms with E-state index in [0.29, 0.717) is 21.8 Å². The Bertz CT molecular complexity index is 664. The Morgan fingerprint density at radius 2 is 2.05 bits per heavy atom. The van der Waals surface area contributed by atoms with E-state index in [1.165, 1.54) is 25.3 Å². The summed E-state index contributed by atoms with van der Waals surface area (Å²) in [5, 5.41) is 3.02. The highest BCUT2D eigenvalue weighted by Gasteiger charge is 2.14. The molecule has 0 unspecified atom stereocenters. The van der Waals surface area contributed by atoms with Crippen LogP contribution >= 0.6 is 11.6 Å². The van der Waals surface area contributed by atoms with Crippen LogP contribution in [-0.2, 0) is 4.74 Å². The van der Waals surface area contributed by atoms with E-state index in [1.54, 1.807) is 19.2 Å². The quantitative estimate of drug-likeness (QED) is 0.854. The summed E-state index contributed by atoms with van der Waals surface area (Å²) in [5.41, 5.74) is 1.95. The van der Waals surface area contributed by atoms with Gasteiger partial charge in [-0.15, -0.1) is 0 Å². The Labute approximate surface area is 120 Å². The number of aromatic amines is 1. The number of hydrogen-bond donors (Lipinski definition) is 2. The van der Waals surface area contributed by atoms with Crippen molar-refractivity contribution >= 4 is 29.2 Å². The number of amides is 1. The summed E-state index contributed by atoms with van der Waals surface area (Å²) in [7, 11) is 1.29. The number of H-pyrrole nitrogens is 1. The van der Waals surface area contributed by atoms with Crippen LogP contribution in [0.1, 0.15) is 26.4 Å². The highest BCUT2D eigenvalue weighted by molar-refractivity contribution is 6.34. The molecule has 2 N–H and O–H groups in total. The lowest BCUT2D eigenvalue weighted by Crippen LogP contribution is -2.13. The number of halogens is 1. The summed E-state index contributed by atoms with van der Waals surface area (Å²) >= 11 is 6.01. The molecule has 0 bridgehead atoms. The van der Waals surface area contributed by atoms with Crippen LogP contribution in [0, 0.1) is 6.92 Å². The number of nitrogens with one attached hydrogen (secondary N) is 2. The molecule has 1 aromatic carbocycles. The highest BCUT2D eigenvalue weighted by Crippen LogP contribution is 2.24. The number of esters is 1. The largest absolute Gasteiger partial charge is 0.465 e. The fourth-order valence-electron chi connectivity index (χ4n) is 1.75. The van der Waals surface area contributed by atoms with Crippen LogP contribution in [-0.4, -0.2) is 24.0 Å². The average molecular weight is 293 g/mol. The Kier molecular flexibility index (Phi) is 4.10. The van der Waals surface area contributed by atoms with Crippen molar-refractivity contribution in [1.29, 1.82) is 0 Å². The van der Waals surface area contributed by atoms with E-state index in [9.17, 15) is 9.59 Å². The monoisotopic (exact) mass is 292 g/mol. The van der Waals surface area contributed by atoms with E-state index in [1.807, 2.05) is 0 Å². The molecule has 0 aliphatic heterocycles. The van der Waals surface area contributed by atoms with Crippen molar-refractivity contribution in [3.8, 4) is 0 Å². The summed E-state index contributed by atoms with van der Waals surface area (Å²) in [6, 6.07) is 6.22. The summed E-state index contributed by atoms with van der Waals surface area (Å²) in [6.07, 6.45) is 1.68. The molecule has 1 aromatic heterocycles. The topological polar surface area (TPSA) is 71.2 Å². The van der Waals surface area contributed by atoms with Gasteiger partial charge in [-0.2, -0.15) is 0 Å². The Morgan fingerprint density at radius 3 is 2.65 bits per heavy atom. The standard InChI is InChI=1S/C14H13ClN2O3/c1-8-10(5-6-16-8)13(18)17-12-7-9(14(19)20-2)3-4-11(12)15/h3-7,16H,1-2H3,(H,17,18). The molecule has 0 radical (unpaired) electrons. The third-order valence-electron chi connectivity index (χ3n) is 2.83. The predicted molar refractivity (Wildman–Crippen MR) is 76.3 cm³/mol. The van der Waals surface area contributed by atoms with Crippen LogP contribution in [0.15, 0.2) is 30.5 Å². The van der Waals surface area contributed by atoms with Crippen LogP contribution < -0.4 is 5.32 Å². The molecule has 2 aromatic rings. The summed E-state index contributed by atoms with van der Waals surface area (Å²) in [6.45, 7) is 1.79. The molecule has 0 saturated carbocycles. The first-order valence-electron chi connectivity index (χ1n) is 5.86. The summed E-state index contributed by atoms with van der Waals surface area (Å²) in [4.78, 5) is 26.5. The van der Waals surface area contributed by atoms with Gasteiger partial charge in [-0.3, -0.25) is 4.79 Å². The van der Waals surface area contributed by atoms with Gasteiger partial charge < -0.3 is 15.0 Å². The minimum Gasteiger partial charge on any atom is -0.465 e. The van der Waals surface area contributed by atoms with E-state index < -0.39 is 5.97 Å². The van der Waals surface area contributed by atoms with Gasteiger partial charge in [-0.05, 0) is 31.2 Å². The third-order valence-corrected chi connectivity index (χ3v) is 3.16. The van der Waals surface area contributed by atoms with Crippen LogP contribution in [0.4, 0.5) is 5.69 Å². The van der Waals surface area contributed by atoms with E-state index in [-0.39, 0.29) is 5.91 Å². The molecule has 6 heteroatoms. The van der Waals surface area contributed by atoms with Gasteiger partial charge in [-0.1, -0.05) is 11.6 Å². The van der Waals surface area contributed by atoms with Crippen molar-refractivity contribution < 1.29 is 14.3 Å².